The number of carboxylic acid groups (broad SMARTS) is 1. The van der Waals surface area contributed by atoms with Crippen LogP contribution in [0, 0.1) is 23.7 Å². The van der Waals surface area contributed by atoms with Crippen molar-refractivity contribution in [1.29, 1.82) is 0 Å². The van der Waals surface area contributed by atoms with Crippen LogP contribution in [-0.2, 0) is 9.53 Å². The number of thioether (sulfide) groups is 1. The summed E-state index contributed by atoms with van der Waals surface area (Å²) in [5.41, 5.74) is 0.720. The van der Waals surface area contributed by atoms with Crippen molar-refractivity contribution in [2.45, 2.75) is 86.6 Å². The van der Waals surface area contributed by atoms with E-state index in [2.05, 4.69) is 10.2 Å². The van der Waals surface area contributed by atoms with Crippen molar-refractivity contribution in [1.82, 2.24) is 10.3 Å². The number of carbonyl (C=O) groups excluding carboxylic acids is 1. The summed E-state index contributed by atoms with van der Waals surface area (Å²) >= 11 is 1.78. The molecule has 4 bridgehead atoms. The lowest BCUT2D eigenvalue weighted by Crippen LogP contribution is -2.55. The molecule has 0 radical (unpaired) electrons. The molecule has 1 atom stereocenters. The Bertz CT molecular complexity index is 938. The van der Waals surface area contributed by atoms with Crippen molar-refractivity contribution >= 4 is 29.5 Å². The number of carboxylic acids is 1. The van der Waals surface area contributed by atoms with Gasteiger partial charge in [0.15, 0.2) is 0 Å². The van der Waals surface area contributed by atoms with Gasteiger partial charge in [-0.2, -0.15) is 0 Å². The van der Waals surface area contributed by atoms with Crippen LogP contribution < -0.4 is 10.2 Å². The Labute approximate surface area is 211 Å². The second-order valence-electron chi connectivity index (χ2n) is 11.5. The number of anilines is 1. The van der Waals surface area contributed by atoms with Gasteiger partial charge in [-0.3, -0.25) is 4.79 Å². The smallest absolute Gasteiger partial charge is 0.329 e. The Hall–Kier alpha value is -1.80. The van der Waals surface area contributed by atoms with Gasteiger partial charge in [0, 0.05) is 24.4 Å². The van der Waals surface area contributed by atoms with Gasteiger partial charge in [-0.05, 0) is 87.2 Å². The highest BCUT2D eigenvalue weighted by molar-refractivity contribution is 7.99. The van der Waals surface area contributed by atoms with Crippen LogP contribution in [0.15, 0.2) is 17.2 Å². The van der Waals surface area contributed by atoms with Gasteiger partial charge in [0.05, 0.1) is 11.7 Å². The SMILES string of the molecule is O=C(O)CO[C@@H]1CCN(c2ccc(C(=O)NC3C4CC5CC(C4)CC3C5)c(SC3CCCC3)n2)C1. The molecule has 2 N–H and O–H groups in total. The van der Waals surface area contributed by atoms with Crippen LogP contribution in [0.1, 0.15) is 74.6 Å². The number of amides is 1. The van der Waals surface area contributed by atoms with Crippen molar-refractivity contribution in [3.63, 3.8) is 0 Å². The zero-order chi connectivity index (χ0) is 23.9. The lowest BCUT2D eigenvalue weighted by atomic mass is 9.54. The maximum absolute atomic E-state index is 13.6. The zero-order valence-electron chi connectivity index (χ0n) is 20.4. The van der Waals surface area contributed by atoms with Gasteiger partial charge in [0.1, 0.15) is 17.5 Å². The minimum atomic E-state index is -0.939. The van der Waals surface area contributed by atoms with E-state index in [-0.39, 0.29) is 18.6 Å². The standard InChI is InChI=1S/C27H37N3O4S/c31-24(32)15-34-20-7-8-30(14-20)23-6-5-22(27(28-23)35-21-3-1-2-4-21)26(33)29-25-18-10-16-9-17(12-18)13-19(25)11-16/h5-6,16-21,25H,1-4,7-15H2,(H,29,33)(H,31,32)/t16?,17?,18?,19?,20-,25?/m1/s1. The molecule has 0 spiro atoms. The molecule has 6 fully saturated rings. The number of aliphatic carboxylic acids is 1. The highest BCUT2D eigenvalue weighted by Crippen LogP contribution is 2.53. The van der Waals surface area contributed by atoms with E-state index < -0.39 is 5.97 Å². The fourth-order valence-corrected chi connectivity index (χ4v) is 9.00. The average Bonchev–Trinajstić information content (AvgIpc) is 3.52. The Morgan fingerprint density at radius 2 is 1.77 bits per heavy atom. The minimum absolute atomic E-state index is 0.0473. The van der Waals surface area contributed by atoms with Crippen molar-refractivity contribution in [2.24, 2.45) is 23.7 Å². The molecule has 1 saturated heterocycles. The molecule has 190 valence electrons. The molecule has 0 unspecified atom stereocenters. The van der Waals surface area contributed by atoms with Crippen LogP contribution in [0.4, 0.5) is 5.82 Å². The molecule has 1 amide bonds. The first-order valence-corrected chi connectivity index (χ1v) is 14.5. The summed E-state index contributed by atoms with van der Waals surface area (Å²) in [6.45, 7) is 1.15. The lowest BCUT2D eigenvalue weighted by molar-refractivity contribution is -0.143. The molecule has 35 heavy (non-hydrogen) atoms. The third-order valence-electron chi connectivity index (χ3n) is 9.11. The summed E-state index contributed by atoms with van der Waals surface area (Å²) in [6.07, 6.45) is 12.1. The molecule has 7 rings (SSSR count). The zero-order valence-corrected chi connectivity index (χ0v) is 21.2. The number of hydrogen-bond acceptors (Lipinski definition) is 6. The minimum Gasteiger partial charge on any atom is -0.480 e. The molecule has 1 aromatic rings. The Morgan fingerprint density at radius 1 is 1.06 bits per heavy atom. The fraction of sp³-hybridized carbons (Fsp3) is 0.741. The molecular formula is C27H37N3O4S. The van der Waals surface area contributed by atoms with Crippen LogP contribution in [0.5, 0.6) is 0 Å². The van der Waals surface area contributed by atoms with E-state index in [1.165, 1.54) is 57.8 Å². The first-order valence-electron chi connectivity index (χ1n) is 13.6. The summed E-state index contributed by atoms with van der Waals surface area (Å²) in [7, 11) is 0. The van der Waals surface area contributed by atoms with E-state index in [0.717, 1.165) is 41.2 Å². The predicted molar refractivity (Wildman–Crippen MR) is 135 cm³/mol. The molecule has 5 aliphatic carbocycles. The van der Waals surface area contributed by atoms with Gasteiger partial charge >= 0.3 is 5.97 Å². The molecule has 0 aromatic carbocycles. The summed E-state index contributed by atoms with van der Waals surface area (Å²) in [4.78, 5) is 31.6. The third-order valence-corrected chi connectivity index (χ3v) is 10.4. The van der Waals surface area contributed by atoms with Crippen LogP contribution in [0.25, 0.3) is 0 Å². The number of rotatable bonds is 8. The van der Waals surface area contributed by atoms with Gasteiger partial charge in [0.2, 0.25) is 0 Å². The summed E-state index contributed by atoms with van der Waals surface area (Å²) in [5, 5.41) is 13.8. The Morgan fingerprint density at radius 3 is 2.46 bits per heavy atom. The molecule has 5 saturated carbocycles. The van der Waals surface area contributed by atoms with Gasteiger partial charge in [-0.15, -0.1) is 11.8 Å². The van der Waals surface area contributed by atoms with Crippen molar-refractivity contribution in [3.05, 3.63) is 17.7 Å². The Kier molecular flexibility index (Phi) is 6.69. The third kappa shape index (κ3) is 5.06. The summed E-state index contributed by atoms with van der Waals surface area (Å²) in [6, 6.07) is 4.26. The molecule has 8 heteroatoms. The van der Waals surface area contributed by atoms with Gasteiger partial charge in [0.25, 0.3) is 5.91 Å². The normalized spacial score (nSPS) is 34.0. The number of nitrogens with zero attached hydrogens (tertiary/aromatic N) is 2. The lowest BCUT2D eigenvalue weighted by Gasteiger charge is -2.54. The van der Waals surface area contributed by atoms with Gasteiger partial charge in [-0.25, -0.2) is 9.78 Å². The van der Waals surface area contributed by atoms with E-state index in [0.29, 0.717) is 29.7 Å². The number of ether oxygens (including phenoxy) is 1. The topological polar surface area (TPSA) is 91.8 Å². The first-order chi connectivity index (χ1) is 17.0. The second kappa shape index (κ2) is 9.92. The molecular weight excluding hydrogens is 462 g/mol. The maximum Gasteiger partial charge on any atom is 0.329 e. The predicted octanol–water partition coefficient (Wildman–Crippen LogP) is 4.35. The molecule has 6 aliphatic rings. The summed E-state index contributed by atoms with van der Waals surface area (Å²) < 4.78 is 5.51. The highest BCUT2D eigenvalue weighted by atomic mass is 32.2. The quantitative estimate of drug-likeness (QED) is 0.549. The van der Waals surface area contributed by atoms with Crippen LogP contribution in [0.3, 0.4) is 0 Å². The largest absolute Gasteiger partial charge is 0.480 e. The maximum atomic E-state index is 13.6. The van der Waals surface area contributed by atoms with Crippen LogP contribution in [0.2, 0.25) is 0 Å². The van der Waals surface area contributed by atoms with Gasteiger partial charge in [-0.1, -0.05) is 12.8 Å². The molecule has 7 nitrogen and oxygen atoms in total. The van der Waals surface area contributed by atoms with E-state index >= 15 is 0 Å². The first kappa shape index (κ1) is 23.6. The average molecular weight is 500 g/mol. The number of nitrogens with one attached hydrogen (secondary N) is 1. The van der Waals surface area contributed by atoms with E-state index in [9.17, 15) is 9.59 Å². The molecule has 2 heterocycles. The van der Waals surface area contributed by atoms with Crippen molar-refractivity contribution < 1.29 is 19.4 Å². The number of pyridine rings is 1. The van der Waals surface area contributed by atoms with E-state index in [1.807, 2.05) is 12.1 Å². The van der Waals surface area contributed by atoms with Crippen LogP contribution in [-0.4, -0.2) is 59.1 Å². The Balaban J connectivity index is 1.18. The van der Waals surface area contributed by atoms with E-state index in [4.69, 9.17) is 14.8 Å². The number of hydrogen-bond donors (Lipinski definition) is 2. The van der Waals surface area contributed by atoms with Crippen molar-refractivity contribution in [2.75, 3.05) is 24.6 Å². The number of aromatic nitrogens is 1. The fourth-order valence-electron chi connectivity index (χ4n) is 7.68. The highest BCUT2D eigenvalue weighted by Gasteiger charge is 2.48. The monoisotopic (exact) mass is 499 g/mol. The van der Waals surface area contributed by atoms with Gasteiger partial charge < -0.3 is 20.1 Å². The second-order valence-corrected chi connectivity index (χ2v) is 12.8. The molecule has 1 aliphatic heterocycles. The van der Waals surface area contributed by atoms with Crippen molar-refractivity contribution in [3.8, 4) is 0 Å². The molecule has 1 aromatic heterocycles. The van der Waals surface area contributed by atoms with Crippen LogP contribution >= 0.6 is 11.8 Å². The summed E-state index contributed by atoms with van der Waals surface area (Å²) in [5.74, 6) is 3.06. The number of carbonyl (C=O) groups is 2. The van der Waals surface area contributed by atoms with E-state index in [1.54, 1.807) is 11.8 Å².